The van der Waals surface area contributed by atoms with E-state index in [4.69, 9.17) is 11.6 Å². The monoisotopic (exact) mass is 327 g/mol. The van der Waals surface area contributed by atoms with E-state index in [2.05, 4.69) is 35.6 Å². The van der Waals surface area contributed by atoms with Gasteiger partial charge in [-0.05, 0) is 56.7 Å². The van der Waals surface area contributed by atoms with E-state index in [1.54, 1.807) is 12.1 Å². The van der Waals surface area contributed by atoms with Gasteiger partial charge in [0, 0.05) is 34.9 Å². The smallest absolute Gasteiger partial charge is 0.256 e. The van der Waals surface area contributed by atoms with Gasteiger partial charge in [0.05, 0.1) is 5.02 Å². The number of benzene rings is 1. The van der Waals surface area contributed by atoms with E-state index in [0.29, 0.717) is 16.4 Å². The van der Waals surface area contributed by atoms with Crippen LogP contribution in [0.2, 0.25) is 5.02 Å². The van der Waals surface area contributed by atoms with Gasteiger partial charge in [-0.3, -0.25) is 4.79 Å². The molecule has 0 atom stereocenters. The number of pyridine rings is 1. The number of carbonyl (C=O) groups excluding carboxylic acids is 1. The molecular weight excluding hydrogens is 310 g/mol. The van der Waals surface area contributed by atoms with Crippen molar-refractivity contribution in [2.24, 2.45) is 0 Å². The Labute approximate surface area is 140 Å². The van der Waals surface area contributed by atoms with E-state index in [-0.39, 0.29) is 5.91 Å². The van der Waals surface area contributed by atoms with Crippen LogP contribution in [-0.2, 0) is 6.54 Å². The minimum Gasteiger partial charge on any atom is -0.345 e. The molecule has 2 aromatic heterocycles. The Balaban J connectivity index is 1.95. The number of aryl methyl sites for hydroxylation is 2. The highest BCUT2D eigenvalue weighted by atomic mass is 35.5. The maximum Gasteiger partial charge on any atom is 0.256 e. The summed E-state index contributed by atoms with van der Waals surface area (Å²) in [5, 5.41) is 4.44. The van der Waals surface area contributed by atoms with Gasteiger partial charge in [-0.1, -0.05) is 11.6 Å². The topological polar surface area (TPSA) is 46.9 Å². The Hall–Kier alpha value is -2.33. The zero-order valence-electron chi connectivity index (χ0n) is 13.4. The molecule has 0 aliphatic carbocycles. The Morgan fingerprint density at radius 1 is 1.26 bits per heavy atom. The number of nitrogens with zero attached hydrogens (tertiary/aromatic N) is 2. The molecule has 3 rings (SSSR count). The van der Waals surface area contributed by atoms with Crippen LogP contribution in [0.4, 0.5) is 5.82 Å². The minimum atomic E-state index is -0.178. The molecule has 2 heterocycles. The SMILES string of the molecule is CCn1c(C)c(C)c2cc(C(=O)Nc3ccc(Cl)cn3)ccc21. The van der Waals surface area contributed by atoms with Gasteiger partial charge < -0.3 is 9.88 Å². The van der Waals surface area contributed by atoms with Crippen LogP contribution in [-0.4, -0.2) is 15.5 Å². The van der Waals surface area contributed by atoms with Crippen LogP contribution < -0.4 is 5.32 Å². The molecule has 0 aliphatic rings. The Kier molecular flexibility index (Phi) is 4.09. The second kappa shape index (κ2) is 6.05. The molecule has 0 fully saturated rings. The van der Waals surface area contributed by atoms with Crippen LogP contribution in [0.25, 0.3) is 10.9 Å². The molecule has 0 radical (unpaired) electrons. The van der Waals surface area contributed by atoms with Crippen LogP contribution in [0.1, 0.15) is 28.5 Å². The maximum atomic E-state index is 12.4. The first-order valence-corrected chi connectivity index (χ1v) is 7.91. The first kappa shape index (κ1) is 15.6. The molecule has 0 saturated heterocycles. The average molecular weight is 328 g/mol. The highest BCUT2D eigenvalue weighted by molar-refractivity contribution is 6.30. The summed E-state index contributed by atoms with van der Waals surface area (Å²) < 4.78 is 2.26. The third-order valence-corrected chi connectivity index (χ3v) is 4.41. The van der Waals surface area contributed by atoms with Crippen LogP contribution >= 0.6 is 11.6 Å². The van der Waals surface area contributed by atoms with Gasteiger partial charge in [-0.15, -0.1) is 0 Å². The molecule has 118 valence electrons. The van der Waals surface area contributed by atoms with Crippen LogP contribution in [0, 0.1) is 13.8 Å². The van der Waals surface area contributed by atoms with Crippen molar-refractivity contribution in [3.8, 4) is 0 Å². The number of halogens is 1. The predicted octanol–water partition coefficient (Wildman–Crippen LogP) is 4.58. The number of rotatable bonds is 3. The van der Waals surface area contributed by atoms with Crippen LogP contribution in [0.5, 0.6) is 0 Å². The summed E-state index contributed by atoms with van der Waals surface area (Å²) >= 11 is 5.80. The van der Waals surface area contributed by atoms with Crippen molar-refractivity contribution in [2.75, 3.05) is 5.32 Å². The molecule has 5 heteroatoms. The van der Waals surface area contributed by atoms with E-state index < -0.39 is 0 Å². The Morgan fingerprint density at radius 3 is 2.70 bits per heavy atom. The zero-order chi connectivity index (χ0) is 16.6. The Morgan fingerprint density at radius 2 is 2.04 bits per heavy atom. The van der Waals surface area contributed by atoms with Crippen molar-refractivity contribution >= 4 is 34.2 Å². The number of fused-ring (bicyclic) bond motifs is 1. The fraction of sp³-hybridized carbons (Fsp3) is 0.222. The molecule has 1 aromatic carbocycles. The molecule has 0 unspecified atom stereocenters. The molecule has 0 spiro atoms. The molecule has 23 heavy (non-hydrogen) atoms. The normalized spacial score (nSPS) is 11.0. The van der Waals surface area contributed by atoms with Gasteiger partial charge in [-0.25, -0.2) is 4.98 Å². The second-order valence-electron chi connectivity index (χ2n) is 5.50. The number of amides is 1. The summed E-state index contributed by atoms with van der Waals surface area (Å²) in [7, 11) is 0. The van der Waals surface area contributed by atoms with Crippen LogP contribution in [0.3, 0.4) is 0 Å². The second-order valence-corrected chi connectivity index (χ2v) is 5.94. The first-order chi connectivity index (χ1) is 11.0. The summed E-state index contributed by atoms with van der Waals surface area (Å²) in [6, 6.07) is 9.17. The highest BCUT2D eigenvalue weighted by Crippen LogP contribution is 2.26. The predicted molar refractivity (Wildman–Crippen MR) is 94.3 cm³/mol. The molecule has 4 nitrogen and oxygen atoms in total. The van der Waals surface area contributed by atoms with Gasteiger partial charge in [0.25, 0.3) is 5.91 Å². The molecule has 0 bridgehead atoms. The van der Waals surface area contributed by atoms with Gasteiger partial charge in [-0.2, -0.15) is 0 Å². The number of carbonyl (C=O) groups is 1. The van der Waals surface area contributed by atoms with Crippen molar-refractivity contribution in [1.29, 1.82) is 0 Å². The summed E-state index contributed by atoms with van der Waals surface area (Å²) in [4.78, 5) is 16.5. The van der Waals surface area contributed by atoms with Crippen molar-refractivity contribution in [1.82, 2.24) is 9.55 Å². The zero-order valence-corrected chi connectivity index (χ0v) is 14.1. The number of aromatic nitrogens is 2. The minimum absolute atomic E-state index is 0.178. The molecular formula is C18H18ClN3O. The molecule has 1 N–H and O–H groups in total. The van der Waals surface area contributed by atoms with Gasteiger partial charge in [0.2, 0.25) is 0 Å². The number of hydrogen-bond donors (Lipinski definition) is 1. The van der Waals surface area contributed by atoms with E-state index in [1.165, 1.54) is 17.5 Å². The molecule has 3 aromatic rings. The fourth-order valence-electron chi connectivity index (χ4n) is 2.84. The van der Waals surface area contributed by atoms with Crippen molar-refractivity contribution in [2.45, 2.75) is 27.3 Å². The lowest BCUT2D eigenvalue weighted by Gasteiger charge is -2.06. The van der Waals surface area contributed by atoms with Gasteiger partial charge >= 0.3 is 0 Å². The summed E-state index contributed by atoms with van der Waals surface area (Å²) in [5.74, 6) is 0.307. The standard InChI is InChI=1S/C18H18ClN3O/c1-4-22-12(3)11(2)15-9-13(5-7-16(15)22)18(23)21-17-8-6-14(19)10-20-17/h5-10H,4H2,1-3H3,(H,20,21,23). The van der Waals surface area contributed by atoms with Gasteiger partial charge in [0.15, 0.2) is 0 Å². The quantitative estimate of drug-likeness (QED) is 0.765. The van der Waals surface area contributed by atoms with E-state index in [9.17, 15) is 4.79 Å². The largest absolute Gasteiger partial charge is 0.345 e. The molecule has 0 saturated carbocycles. The van der Waals surface area contributed by atoms with Crippen LogP contribution in [0.15, 0.2) is 36.5 Å². The average Bonchev–Trinajstić information content (AvgIpc) is 2.80. The number of anilines is 1. The lowest BCUT2D eigenvalue weighted by Crippen LogP contribution is -2.12. The van der Waals surface area contributed by atoms with E-state index >= 15 is 0 Å². The maximum absolute atomic E-state index is 12.4. The lowest BCUT2D eigenvalue weighted by molar-refractivity contribution is 0.102. The third kappa shape index (κ3) is 2.82. The van der Waals surface area contributed by atoms with E-state index in [0.717, 1.165) is 17.4 Å². The summed E-state index contributed by atoms with van der Waals surface area (Å²) in [5.41, 5.74) is 4.22. The molecule has 1 amide bonds. The fourth-order valence-corrected chi connectivity index (χ4v) is 2.95. The summed E-state index contributed by atoms with van der Waals surface area (Å²) in [6.45, 7) is 7.23. The Bertz CT molecular complexity index is 881. The highest BCUT2D eigenvalue weighted by Gasteiger charge is 2.13. The van der Waals surface area contributed by atoms with Gasteiger partial charge in [0.1, 0.15) is 5.82 Å². The van der Waals surface area contributed by atoms with Crippen molar-refractivity contribution in [3.63, 3.8) is 0 Å². The number of nitrogens with one attached hydrogen (secondary N) is 1. The lowest BCUT2D eigenvalue weighted by atomic mass is 10.1. The molecule has 0 aliphatic heterocycles. The van der Waals surface area contributed by atoms with Crippen molar-refractivity contribution < 1.29 is 4.79 Å². The number of hydrogen-bond acceptors (Lipinski definition) is 2. The van der Waals surface area contributed by atoms with Crippen molar-refractivity contribution in [3.05, 3.63) is 58.4 Å². The third-order valence-electron chi connectivity index (χ3n) is 4.19. The van der Waals surface area contributed by atoms with E-state index in [1.807, 2.05) is 18.2 Å². The first-order valence-electron chi connectivity index (χ1n) is 7.53. The summed E-state index contributed by atoms with van der Waals surface area (Å²) in [6.07, 6.45) is 1.51.